The van der Waals surface area contributed by atoms with Gasteiger partial charge in [-0.1, -0.05) is 19.1 Å². The molecule has 1 N–H and O–H groups in total. The summed E-state index contributed by atoms with van der Waals surface area (Å²) >= 11 is 0. The van der Waals surface area contributed by atoms with Gasteiger partial charge < -0.3 is 15.0 Å². The van der Waals surface area contributed by atoms with Crippen LogP contribution >= 0.6 is 0 Å². The molecule has 1 aromatic heterocycles. The molecule has 1 aliphatic rings. The summed E-state index contributed by atoms with van der Waals surface area (Å²) in [5.41, 5.74) is 3.57. The van der Waals surface area contributed by atoms with Gasteiger partial charge in [0, 0.05) is 25.0 Å². The van der Waals surface area contributed by atoms with Crippen molar-refractivity contribution in [2.24, 2.45) is 0 Å². The molecule has 1 aromatic carbocycles. The molecule has 0 saturated carbocycles. The molecular weight excluding hydrogens is 290 g/mol. The van der Waals surface area contributed by atoms with E-state index in [0.29, 0.717) is 18.8 Å². The lowest BCUT2D eigenvalue weighted by Gasteiger charge is -2.28. The van der Waals surface area contributed by atoms with Crippen molar-refractivity contribution < 1.29 is 9.53 Å². The fraction of sp³-hybridized carbons (Fsp3) is 0.333. The van der Waals surface area contributed by atoms with Gasteiger partial charge >= 0.3 is 0 Å². The molecule has 120 valence electrons. The van der Waals surface area contributed by atoms with Crippen LogP contribution in [0.1, 0.15) is 22.8 Å². The Balaban J connectivity index is 1.71. The highest BCUT2D eigenvalue weighted by Gasteiger charge is 2.14. The Hall–Kier alpha value is -2.40. The summed E-state index contributed by atoms with van der Waals surface area (Å²) in [5.74, 6) is -0.142. The largest absolute Gasteiger partial charge is 0.378 e. The lowest BCUT2D eigenvalue weighted by Crippen LogP contribution is -2.36. The number of ether oxygens (including phenoxy) is 1. The van der Waals surface area contributed by atoms with Gasteiger partial charge in [0.25, 0.3) is 5.91 Å². The summed E-state index contributed by atoms with van der Waals surface area (Å²) in [6.45, 7) is 5.17. The number of hydrogen-bond donors (Lipinski definition) is 1. The maximum atomic E-state index is 12.4. The number of aromatic nitrogens is 1. The molecule has 1 fully saturated rings. The molecule has 23 heavy (non-hydrogen) atoms. The zero-order valence-electron chi connectivity index (χ0n) is 13.3. The van der Waals surface area contributed by atoms with Crippen LogP contribution in [0.25, 0.3) is 0 Å². The maximum Gasteiger partial charge on any atom is 0.257 e. The van der Waals surface area contributed by atoms with E-state index in [0.717, 1.165) is 30.9 Å². The molecule has 5 heteroatoms. The molecule has 0 spiro atoms. The van der Waals surface area contributed by atoms with E-state index in [1.165, 1.54) is 5.56 Å². The second-order valence-corrected chi connectivity index (χ2v) is 5.54. The molecule has 2 heterocycles. The minimum atomic E-state index is -0.142. The van der Waals surface area contributed by atoms with Crippen LogP contribution in [0.2, 0.25) is 0 Å². The number of amides is 1. The van der Waals surface area contributed by atoms with Crippen molar-refractivity contribution in [3.8, 4) is 0 Å². The van der Waals surface area contributed by atoms with Gasteiger partial charge in [0.1, 0.15) is 0 Å². The number of nitrogens with one attached hydrogen (secondary N) is 1. The van der Waals surface area contributed by atoms with Crippen LogP contribution in [0.3, 0.4) is 0 Å². The number of nitrogens with zero attached hydrogens (tertiary/aromatic N) is 2. The van der Waals surface area contributed by atoms with Crippen LogP contribution in [0, 0.1) is 0 Å². The van der Waals surface area contributed by atoms with Gasteiger partial charge in [-0.3, -0.25) is 9.78 Å². The first-order valence-electron chi connectivity index (χ1n) is 7.94. The lowest BCUT2D eigenvalue weighted by atomic mass is 10.1. The van der Waals surface area contributed by atoms with Crippen molar-refractivity contribution in [1.29, 1.82) is 0 Å². The summed E-state index contributed by atoms with van der Waals surface area (Å²) in [4.78, 5) is 18.8. The predicted octanol–water partition coefficient (Wildman–Crippen LogP) is 2.73. The van der Waals surface area contributed by atoms with E-state index < -0.39 is 0 Å². The van der Waals surface area contributed by atoms with E-state index in [2.05, 4.69) is 22.1 Å². The Morgan fingerprint density at radius 1 is 1.22 bits per heavy atom. The highest BCUT2D eigenvalue weighted by Crippen LogP contribution is 2.17. The number of carbonyl (C=O) groups excluding carboxylic acids is 1. The first-order valence-corrected chi connectivity index (χ1v) is 7.94. The summed E-state index contributed by atoms with van der Waals surface area (Å²) in [6, 6.07) is 9.79. The Morgan fingerprint density at radius 2 is 1.96 bits per heavy atom. The number of aryl methyl sites for hydroxylation is 1. The van der Waals surface area contributed by atoms with Crippen molar-refractivity contribution in [3.05, 3.63) is 53.9 Å². The average molecular weight is 311 g/mol. The minimum absolute atomic E-state index is 0.142. The second-order valence-electron chi connectivity index (χ2n) is 5.54. The smallest absolute Gasteiger partial charge is 0.257 e. The van der Waals surface area contributed by atoms with Gasteiger partial charge in [-0.15, -0.1) is 0 Å². The van der Waals surface area contributed by atoms with Gasteiger partial charge in [-0.2, -0.15) is 0 Å². The summed E-state index contributed by atoms with van der Waals surface area (Å²) in [7, 11) is 0. The van der Waals surface area contributed by atoms with Crippen LogP contribution < -0.4 is 10.2 Å². The van der Waals surface area contributed by atoms with Crippen molar-refractivity contribution in [2.45, 2.75) is 13.3 Å². The average Bonchev–Trinajstić information content (AvgIpc) is 2.63. The molecule has 2 aromatic rings. The number of benzene rings is 1. The Labute approximate surface area is 136 Å². The summed E-state index contributed by atoms with van der Waals surface area (Å²) in [6.07, 6.45) is 4.37. The van der Waals surface area contributed by atoms with Crippen molar-refractivity contribution >= 4 is 17.3 Å². The quantitative estimate of drug-likeness (QED) is 0.943. The molecule has 1 aliphatic heterocycles. The Morgan fingerprint density at radius 3 is 2.65 bits per heavy atom. The number of carbonyl (C=O) groups is 1. The van der Waals surface area contributed by atoms with E-state index in [4.69, 9.17) is 4.74 Å². The molecule has 3 rings (SSSR count). The molecule has 0 unspecified atom stereocenters. The fourth-order valence-electron chi connectivity index (χ4n) is 2.57. The van der Waals surface area contributed by atoms with E-state index >= 15 is 0 Å². The van der Waals surface area contributed by atoms with Crippen LogP contribution in [-0.4, -0.2) is 37.2 Å². The van der Waals surface area contributed by atoms with Gasteiger partial charge in [0.2, 0.25) is 0 Å². The van der Waals surface area contributed by atoms with E-state index in [9.17, 15) is 4.79 Å². The fourth-order valence-corrected chi connectivity index (χ4v) is 2.57. The number of anilines is 2. The molecule has 1 saturated heterocycles. The number of rotatable bonds is 4. The standard InChI is InChI=1S/C18H21N3O2/c1-2-14-3-5-16(6-4-14)20-18(22)15-11-17(13-19-12-15)21-7-9-23-10-8-21/h3-6,11-13H,2,7-10H2,1H3,(H,20,22). The van der Waals surface area contributed by atoms with Gasteiger partial charge in [0.05, 0.1) is 30.7 Å². The number of hydrogen-bond acceptors (Lipinski definition) is 4. The third kappa shape index (κ3) is 3.87. The number of morpholine rings is 1. The molecule has 0 bridgehead atoms. The van der Waals surface area contributed by atoms with Crippen LogP contribution in [0.4, 0.5) is 11.4 Å². The Kier molecular flexibility index (Phi) is 4.88. The van der Waals surface area contributed by atoms with E-state index in [1.807, 2.05) is 30.3 Å². The van der Waals surface area contributed by atoms with Gasteiger partial charge in [-0.25, -0.2) is 0 Å². The Bertz CT molecular complexity index is 664. The van der Waals surface area contributed by atoms with Crippen molar-refractivity contribution in [3.63, 3.8) is 0 Å². The van der Waals surface area contributed by atoms with Crippen molar-refractivity contribution in [1.82, 2.24) is 4.98 Å². The third-order valence-electron chi connectivity index (χ3n) is 3.98. The molecule has 0 aliphatic carbocycles. The summed E-state index contributed by atoms with van der Waals surface area (Å²) < 4.78 is 5.36. The van der Waals surface area contributed by atoms with E-state index in [-0.39, 0.29) is 5.91 Å². The second kappa shape index (κ2) is 7.24. The SMILES string of the molecule is CCc1ccc(NC(=O)c2cncc(N3CCOCC3)c2)cc1. The topological polar surface area (TPSA) is 54.5 Å². The van der Waals surface area contributed by atoms with Gasteiger partial charge in [-0.05, 0) is 30.2 Å². The van der Waals surface area contributed by atoms with E-state index in [1.54, 1.807) is 12.4 Å². The molecule has 1 amide bonds. The summed E-state index contributed by atoms with van der Waals surface area (Å²) in [5, 5.41) is 2.92. The highest BCUT2D eigenvalue weighted by atomic mass is 16.5. The molecule has 0 atom stereocenters. The normalized spacial score (nSPS) is 14.6. The van der Waals surface area contributed by atoms with Crippen LogP contribution in [0.15, 0.2) is 42.7 Å². The molecule has 5 nitrogen and oxygen atoms in total. The molecule has 0 radical (unpaired) electrons. The van der Waals surface area contributed by atoms with Gasteiger partial charge in [0.15, 0.2) is 0 Å². The zero-order valence-corrected chi connectivity index (χ0v) is 13.3. The zero-order chi connectivity index (χ0) is 16.1. The first kappa shape index (κ1) is 15.5. The highest BCUT2D eigenvalue weighted by molar-refractivity contribution is 6.04. The third-order valence-corrected chi connectivity index (χ3v) is 3.98. The van der Waals surface area contributed by atoms with Crippen LogP contribution in [0.5, 0.6) is 0 Å². The van der Waals surface area contributed by atoms with Crippen molar-refractivity contribution in [2.75, 3.05) is 36.5 Å². The monoisotopic (exact) mass is 311 g/mol. The predicted molar refractivity (Wildman–Crippen MR) is 91.0 cm³/mol. The van der Waals surface area contributed by atoms with Crippen LogP contribution in [-0.2, 0) is 11.2 Å². The minimum Gasteiger partial charge on any atom is -0.378 e. The first-order chi connectivity index (χ1) is 11.3. The number of pyridine rings is 1. The molecular formula is C18H21N3O2. The lowest BCUT2D eigenvalue weighted by molar-refractivity contribution is 0.102. The maximum absolute atomic E-state index is 12.4.